The van der Waals surface area contributed by atoms with Gasteiger partial charge in [-0.2, -0.15) is 13.2 Å². The van der Waals surface area contributed by atoms with Crippen molar-refractivity contribution in [3.8, 4) is 0 Å². The molecule has 1 aromatic carbocycles. The number of benzene rings is 1. The van der Waals surface area contributed by atoms with Crippen molar-refractivity contribution in [1.82, 2.24) is 0 Å². The Labute approximate surface area is 86.2 Å². The van der Waals surface area contributed by atoms with Gasteiger partial charge in [0.05, 0.1) is 12.7 Å². The fourth-order valence-electron chi connectivity index (χ4n) is 1.25. The Balaban J connectivity index is 3.14. The second-order valence-electron chi connectivity index (χ2n) is 2.94. The molecule has 0 heterocycles. The molecule has 15 heavy (non-hydrogen) atoms. The highest BCUT2D eigenvalue weighted by molar-refractivity contribution is 5.60. The molecule has 1 aromatic rings. The summed E-state index contributed by atoms with van der Waals surface area (Å²) in [6, 6.07) is 5.04. The number of methoxy groups -OCH3 is 1. The number of hydrogen-bond acceptors (Lipinski definition) is 1. The SMILES string of the molecule is CC=C(OC)c1cccc(C(F)(F)F)c1. The molecule has 0 spiro atoms. The van der Waals surface area contributed by atoms with E-state index in [1.807, 2.05) is 0 Å². The second kappa shape index (κ2) is 4.38. The monoisotopic (exact) mass is 216 g/mol. The largest absolute Gasteiger partial charge is 0.496 e. The van der Waals surface area contributed by atoms with Gasteiger partial charge in [-0.05, 0) is 25.1 Å². The molecule has 0 N–H and O–H groups in total. The van der Waals surface area contributed by atoms with Crippen molar-refractivity contribution in [3.63, 3.8) is 0 Å². The van der Waals surface area contributed by atoms with Crippen LogP contribution in [0.4, 0.5) is 13.2 Å². The first-order chi connectivity index (χ1) is 6.99. The lowest BCUT2D eigenvalue weighted by atomic mass is 10.1. The summed E-state index contributed by atoms with van der Waals surface area (Å²) >= 11 is 0. The number of halogens is 3. The van der Waals surface area contributed by atoms with Crippen LogP contribution in [0.25, 0.3) is 5.76 Å². The van der Waals surface area contributed by atoms with Gasteiger partial charge in [0, 0.05) is 5.56 Å². The van der Waals surface area contributed by atoms with E-state index in [1.165, 1.54) is 13.2 Å². The van der Waals surface area contributed by atoms with E-state index in [9.17, 15) is 13.2 Å². The molecule has 0 aliphatic carbocycles. The van der Waals surface area contributed by atoms with Gasteiger partial charge in [0.1, 0.15) is 5.76 Å². The van der Waals surface area contributed by atoms with Crippen LogP contribution in [-0.2, 0) is 10.9 Å². The Morgan fingerprint density at radius 3 is 2.47 bits per heavy atom. The van der Waals surface area contributed by atoms with Gasteiger partial charge in [0.2, 0.25) is 0 Å². The summed E-state index contributed by atoms with van der Waals surface area (Å²) in [7, 11) is 1.43. The molecule has 0 atom stereocenters. The van der Waals surface area contributed by atoms with Crippen molar-refractivity contribution in [2.45, 2.75) is 13.1 Å². The van der Waals surface area contributed by atoms with Crippen LogP contribution in [-0.4, -0.2) is 7.11 Å². The van der Waals surface area contributed by atoms with Gasteiger partial charge in [0.25, 0.3) is 0 Å². The Bertz CT molecular complexity index is 366. The zero-order chi connectivity index (χ0) is 11.5. The van der Waals surface area contributed by atoms with Gasteiger partial charge < -0.3 is 4.74 Å². The summed E-state index contributed by atoms with van der Waals surface area (Å²) in [6.07, 6.45) is -2.70. The van der Waals surface area contributed by atoms with Crippen LogP contribution in [0.1, 0.15) is 18.1 Å². The van der Waals surface area contributed by atoms with Crippen LogP contribution in [0.15, 0.2) is 30.3 Å². The highest BCUT2D eigenvalue weighted by atomic mass is 19.4. The predicted octanol–water partition coefficient (Wildman–Crippen LogP) is 3.71. The molecule has 0 saturated heterocycles. The molecule has 82 valence electrons. The number of rotatable bonds is 2. The van der Waals surface area contributed by atoms with Gasteiger partial charge in [-0.25, -0.2) is 0 Å². The molecule has 1 rings (SSSR count). The van der Waals surface area contributed by atoms with E-state index in [2.05, 4.69) is 0 Å². The Morgan fingerprint density at radius 1 is 1.33 bits per heavy atom. The zero-order valence-electron chi connectivity index (χ0n) is 8.43. The normalized spacial score (nSPS) is 12.7. The van der Waals surface area contributed by atoms with Crippen molar-refractivity contribution in [2.24, 2.45) is 0 Å². The maximum absolute atomic E-state index is 12.4. The highest BCUT2D eigenvalue weighted by Crippen LogP contribution is 2.30. The number of allylic oxidation sites excluding steroid dienone is 1. The summed E-state index contributed by atoms with van der Waals surface area (Å²) < 4.78 is 42.1. The number of alkyl halides is 3. The fourth-order valence-corrected chi connectivity index (χ4v) is 1.25. The van der Waals surface area contributed by atoms with Crippen molar-refractivity contribution in [2.75, 3.05) is 7.11 Å². The van der Waals surface area contributed by atoms with Crippen LogP contribution in [0.3, 0.4) is 0 Å². The summed E-state index contributed by atoms with van der Waals surface area (Å²) in [5.74, 6) is 0.432. The summed E-state index contributed by atoms with van der Waals surface area (Å²) in [5.41, 5.74) is -0.244. The lowest BCUT2D eigenvalue weighted by Gasteiger charge is -2.10. The third-order valence-corrected chi connectivity index (χ3v) is 1.96. The molecule has 0 aliphatic heterocycles. The molecule has 0 amide bonds. The highest BCUT2D eigenvalue weighted by Gasteiger charge is 2.30. The van der Waals surface area contributed by atoms with E-state index in [0.717, 1.165) is 12.1 Å². The third-order valence-electron chi connectivity index (χ3n) is 1.96. The number of ether oxygens (including phenoxy) is 1. The fraction of sp³-hybridized carbons (Fsp3) is 0.273. The molecule has 0 fully saturated rings. The van der Waals surface area contributed by atoms with Gasteiger partial charge >= 0.3 is 6.18 Å². The maximum Gasteiger partial charge on any atom is 0.416 e. The lowest BCUT2D eigenvalue weighted by molar-refractivity contribution is -0.137. The van der Waals surface area contributed by atoms with Gasteiger partial charge in [0.15, 0.2) is 0 Å². The molecular weight excluding hydrogens is 205 g/mol. The Morgan fingerprint density at radius 2 is 2.00 bits per heavy atom. The van der Waals surface area contributed by atoms with Crippen LogP contribution in [0, 0.1) is 0 Å². The van der Waals surface area contributed by atoms with Crippen molar-refractivity contribution >= 4 is 5.76 Å². The van der Waals surface area contributed by atoms with Gasteiger partial charge in [-0.1, -0.05) is 12.1 Å². The summed E-state index contributed by atoms with van der Waals surface area (Å²) in [6.45, 7) is 1.71. The minimum atomic E-state index is -4.32. The number of hydrogen-bond donors (Lipinski definition) is 0. The van der Waals surface area contributed by atoms with E-state index in [-0.39, 0.29) is 0 Å². The first kappa shape index (κ1) is 11.6. The van der Waals surface area contributed by atoms with Gasteiger partial charge in [-0.15, -0.1) is 0 Å². The van der Waals surface area contributed by atoms with Crippen LogP contribution in [0.2, 0.25) is 0 Å². The Kier molecular flexibility index (Phi) is 3.39. The lowest BCUT2D eigenvalue weighted by Crippen LogP contribution is -2.05. The van der Waals surface area contributed by atoms with Crippen molar-refractivity contribution in [1.29, 1.82) is 0 Å². The minimum Gasteiger partial charge on any atom is -0.496 e. The molecule has 4 heteroatoms. The van der Waals surface area contributed by atoms with Crippen LogP contribution >= 0.6 is 0 Å². The molecule has 0 bridgehead atoms. The van der Waals surface area contributed by atoms with Crippen molar-refractivity contribution < 1.29 is 17.9 Å². The smallest absolute Gasteiger partial charge is 0.416 e. The van der Waals surface area contributed by atoms with Gasteiger partial charge in [-0.3, -0.25) is 0 Å². The quantitative estimate of drug-likeness (QED) is 0.685. The predicted molar refractivity (Wildman–Crippen MR) is 52.1 cm³/mol. The van der Waals surface area contributed by atoms with Crippen LogP contribution in [0.5, 0.6) is 0 Å². The molecule has 0 aliphatic rings. The summed E-state index contributed by atoms with van der Waals surface area (Å²) in [5, 5.41) is 0. The van der Waals surface area contributed by atoms with E-state index < -0.39 is 11.7 Å². The van der Waals surface area contributed by atoms with E-state index in [0.29, 0.717) is 11.3 Å². The molecular formula is C11H11F3O. The average molecular weight is 216 g/mol. The molecule has 0 radical (unpaired) electrons. The molecule has 0 aromatic heterocycles. The molecule has 0 unspecified atom stereocenters. The standard InChI is InChI=1S/C11H11F3O/c1-3-10(15-2)8-5-4-6-9(7-8)11(12,13)14/h3-7H,1-2H3. The Hall–Kier alpha value is -1.45. The second-order valence-corrected chi connectivity index (χ2v) is 2.94. The average Bonchev–Trinajstić information content (AvgIpc) is 2.19. The van der Waals surface area contributed by atoms with Crippen LogP contribution < -0.4 is 0 Å². The van der Waals surface area contributed by atoms with E-state index >= 15 is 0 Å². The third kappa shape index (κ3) is 2.75. The molecule has 0 saturated carbocycles. The first-order valence-corrected chi connectivity index (χ1v) is 4.37. The zero-order valence-corrected chi connectivity index (χ0v) is 8.43. The van der Waals surface area contributed by atoms with Crippen molar-refractivity contribution in [3.05, 3.63) is 41.5 Å². The maximum atomic E-state index is 12.4. The first-order valence-electron chi connectivity index (χ1n) is 4.37. The molecule has 1 nitrogen and oxygen atoms in total. The minimum absolute atomic E-state index is 0.426. The van der Waals surface area contributed by atoms with E-state index in [1.54, 1.807) is 19.1 Å². The summed E-state index contributed by atoms with van der Waals surface area (Å²) in [4.78, 5) is 0. The van der Waals surface area contributed by atoms with E-state index in [4.69, 9.17) is 4.74 Å². The topological polar surface area (TPSA) is 9.23 Å².